The molecule has 7 heavy (non-hydrogen) atoms. The van der Waals surface area contributed by atoms with Crippen molar-refractivity contribution < 1.29 is 13.3 Å². The molecule has 0 bridgehead atoms. The van der Waals surface area contributed by atoms with Gasteiger partial charge in [-0.05, 0) is 0 Å². The fraction of sp³-hybridized carbons (Fsp3) is 0.500. The summed E-state index contributed by atoms with van der Waals surface area (Å²) >= 11 is 3.74. The summed E-state index contributed by atoms with van der Waals surface area (Å²) in [5, 5.41) is 0. The van der Waals surface area contributed by atoms with Crippen LogP contribution in [0.15, 0.2) is 0 Å². The lowest BCUT2D eigenvalue weighted by Gasteiger charge is -1.92. The molecule has 0 radical (unpaired) electrons. The molecular weight excluding hydrogens is 127 g/mol. The van der Waals surface area contributed by atoms with Crippen LogP contribution in [0.2, 0.25) is 0 Å². The predicted molar refractivity (Wildman–Crippen MR) is 22.8 cm³/mol. The van der Waals surface area contributed by atoms with Crippen molar-refractivity contribution in [2.75, 3.05) is 0 Å². The summed E-state index contributed by atoms with van der Waals surface area (Å²) in [6.07, 6.45) is -2.89. The third kappa shape index (κ3) is 2.38. The highest BCUT2D eigenvalue weighted by Gasteiger charge is 2.07. The van der Waals surface area contributed by atoms with E-state index in [9.17, 15) is 13.3 Å². The first-order valence-electron chi connectivity index (χ1n) is 1.37. The van der Waals surface area contributed by atoms with Crippen LogP contribution in [0.4, 0.5) is 13.3 Å². The lowest BCUT2D eigenvalue weighted by Crippen LogP contribution is -2.19. The maximum absolute atomic E-state index is 11.0. The molecule has 0 amide bonds. The second-order valence-electron chi connectivity index (χ2n) is 0.759. The Labute approximate surface area is 43.4 Å². The molecule has 5 heteroatoms. The molecule has 1 N–H and O–H groups in total. The lowest BCUT2D eigenvalue weighted by atomic mass is 10.7. The van der Waals surface area contributed by atoms with Gasteiger partial charge in [-0.1, -0.05) is 12.2 Å². The van der Waals surface area contributed by atoms with E-state index < -0.39 is 11.4 Å². The number of nitrogens with one attached hydrogen (secondary N) is 1. The molecule has 0 spiro atoms. The van der Waals surface area contributed by atoms with Gasteiger partial charge in [0.15, 0.2) is 4.99 Å². The van der Waals surface area contributed by atoms with Gasteiger partial charge in [0.25, 0.3) is 6.43 Å². The summed E-state index contributed by atoms with van der Waals surface area (Å²) in [6, 6.07) is 0. The number of thiocarbonyl (C=S) groups is 1. The smallest absolute Gasteiger partial charge is 0.212 e. The number of rotatable bonds is 1. The maximum Gasteiger partial charge on any atom is 0.290 e. The molecule has 0 aromatic carbocycles. The van der Waals surface area contributed by atoms with Crippen LogP contribution in [0.25, 0.3) is 0 Å². The Balaban J connectivity index is 3.35. The van der Waals surface area contributed by atoms with Gasteiger partial charge in [-0.15, -0.1) is 4.48 Å². The van der Waals surface area contributed by atoms with Crippen molar-refractivity contribution >= 4 is 17.2 Å². The van der Waals surface area contributed by atoms with E-state index in [0.29, 0.717) is 5.54 Å². The first-order chi connectivity index (χ1) is 3.18. The second-order valence-corrected chi connectivity index (χ2v) is 1.20. The molecule has 0 atom stereocenters. The minimum Gasteiger partial charge on any atom is -0.212 e. The van der Waals surface area contributed by atoms with Gasteiger partial charge in [0, 0.05) is 0 Å². The normalized spacial score (nSPS) is 9.14. The largest absolute Gasteiger partial charge is 0.290 e. The third-order valence-electron chi connectivity index (χ3n) is 0.291. The number of halogens is 3. The zero-order valence-corrected chi connectivity index (χ0v) is 3.94. The van der Waals surface area contributed by atoms with Crippen LogP contribution in [0.5, 0.6) is 0 Å². The Morgan fingerprint density at radius 1 is 1.57 bits per heavy atom. The molecule has 0 saturated heterocycles. The van der Waals surface area contributed by atoms with Crippen molar-refractivity contribution in [1.82, 2.24) is 5.54 Å². The summed E-state index contributed by atoms with van der Waals surface area (Å²) in [5.74, 6) is 0. The molecule has 1 nitrogen and oxygen atoms in total. The first kappa shape index (κ1) is 6.68. The van der Waals surface area contributed by atoms with Gasteiger partial charge in [-0.2, -0.15) is 0 Å². The van der Waals surface area contributed by atoms with Crippen LogP contribution >= 0.6 is 12.2 Å². The summed E-state index contributed by atoms with van der Waals surface area (Å²) in [6.45, 7) is 0. The SMILES string of the molecule is FNC(=S)C(F)F. The Bertz CT molecular complexity index is 73.3. The number of hydrogen-bond donors (Lipinski definition) is 1. The monoisotopic (exact) mass is 129 g/mol. The zero-order valence-electron chi connectivity index (χ0n) is 3.12. The van der Waals surface area contributed by atoms with Gasteiger partial charge < -0.3 is 0 Å². The molecule has 0 aliphatic heterocycles. The standard InChI is InChI=1S/C2H2F3NS/c3-1(4)2(7)6-5/h1H,(H,6,7). The molecule has 0 heterocycles. The molecule has 0 unspecified atom stereocenters. The van der Waals surface area contributed by atoms with Gasteiger partial charge in [0.2, 0.25) is 0 Å². The van der Waals surface area contributed by atoms with Gasteiger partial charge in [0.05, 0.1) is 0 Å². The van der Waals surface area contributed by atoms with E-state index >= 15 is 0 Å². The minimum absolute atomic E-state index is 0.646. The summed E-state index contributed by atoms with van der Waals surface area (Å²) < 4.78 is 32.7. The number of hydrogen-bond acceptors (Lipinski definition) is 1. The summed E-state index contributed by atoms with van der Waals surface area (Å²) in [7, 11) is 0. The highest BCUT2D eigenvalue weighted by molar-refractivity contribution is 7.80. The predicted octanol–water partition coefficient (Wildman–Crippen LogP) is 1.05. The van der Waals surface area contributed by atoms with E-state index in [1.165, 1.54) is 0 Å². The average Bonchev–Trinajstić information content (AvgIpc) is 1.65. The average molecular weight is 129 g/mol. The van der Waals surface area contributed by atoms with E-state index in [-0.39, 0.29) is 0 Å². The molecule has 42 valence electrons. The van der Waals surface area contributed by atoms with E-state index in [4.69, 9.17) is 0 Å². The van der Waals surface area contributed by atoms with Gasteiger partial charge in [0.1, 0.15) is 0 Å². The van der Waals surface area contributed by atoms with Gasteiger partial charge in [-0.25, -0.2) is 14.3 Å². The van der Waals surface area contributed by atoms with Crippen molar-refractivity contribution in [2.45, 2.75) is 6.43 Å². The van der Waals surface area contributed by atoms with Crippen LogP contribution in [0.1, 0.15) is 0 Å². The van der Waals surface area contributed by atoms with Crippen molar-refractivity contribution in [3.8, 4) is 0 Å². The lowest BCUT2D eigenvalue weighted by molar-refractivity contribution is 0.214. The van der Waals surface area contributed by atoms with Crippen molar-refractivity contribution in [3.63, 3.8) is 0 Å². The van der Waals surface area contributed by atoms with E-state index in [0.717, 1.165) is 0 Å². The Kier molecular flexibility index (Phi) is 2.66. The fourth-order valence-electron chi connectivity index (χ4n) is 0.0412. The summed E-state index contributed by atoms with van der Waals surface area (Å²) in [4.78, 5) is -1.07. The fourth-order valence-corrected chi connectivity index (χ4v) is 0.0412. The van der Waals surface area contributed by atoms with Crippen LogP contribution in [-0.2, 0) is 0 Å². The molecule has 0 fully saturated rings. The Morgan fingerprint density at radius 3 is 2.00 bits per heavy atom. The van der Waals surface area contributed by atoms with Crippen molar-refractivity contribution in [1.29, 1.82) is 0 Å². The zero-order chi connectivity index (χ0) is 5.86. The van der Waals surface area contributed by atoms with Crippen molar-refractivity contribution in [2.24, 2.45) is 0 Å². The third-order valence-corrected chi connectivity index (χ3v) is 0.547. The van der Waals surface area contributed by atoms with E-state index in [1.54, 1.807) is 0 Å². The van der Waals surface area contributed by atoms with E-state index in [2.05, 4.69) is 12.2 Å². The maximum atomic E-state index is 11.0. The quantitative estimate of drug-likeness (QED) is 0.419. The molecule has 0 aromatic rings. The second kappa shape index (κ2) is 2.79. The molecule has 0 rings (SSSR count). The highest BCUT2D eigenvalue weighted by Crippen LogP contribution is 1.92. The first-order valence-corrected chi connectivity index (χ1v) is 1.78. The van der Waals surface area contributed by atoms with E-state index in [1.807, 2.05) is 0 Å². The Morgan fingerprint density at radius 2 is 2.00 bits per heavy atom. The Hall–Kier alpha value is -0.320. The van der Waals surface area contributed by atoms with Crippen LogP contribution in [-0.4, -0.2) is 11.4 Å². The van der Waals surface area contributed by atoms with Crippen molar-refractivity contribution in [3.05, 3.63) is 0 Å². The highest BCUT2D eigenvalue weighted by atomic mass is 32.1. The van der Waals surface area contributed by atoms with Crippen LogP contribution < -0.4 is 5.54 Å². The topological polar surface area (TPSA) is 12.0 Å². The van der Waals surface area contributed by atoms with Crippen LogP contribution in [0.3, 0.4) is 0 Å². The summed E-state index contributed by atoms with van der Waals surface area (Å²) in [5.41, 5.74) is 0.646. The van der Waals surface area contributed by atoms with Gasteiger partial charge in [-0.3, -0.25) is 0 Å². The molecule has 0 aliphatic rings. The molecule has 0 aliphatic carbocycles. The van der Waals surface area contributed by atoms with Crippen LogP contribution in [0, 0.1) is 0 Å². The van der Waals surface area contributed by atoms with Gasteiger partial charge >= 0.3 is 0 Å². The minimum atomic E-state index is -2.89. The number of alkyl halides is 2. The molecule has 0 aromatic heterocycles. The molecule has 0 saturated carbocycles. The molecular formula is C2H2F3NS.